The lowest BCUT2D eigenvalue weighted by Crippen LogP contribution is -2.35. The van der Waals surface area contributed by atoms with E-state index in [0.29, 0.717) is 25.7 Å². The number of rotatable bonds is 2. The molecule has 1 saturated carbocycles. The number of esters is 1. The molecule has 1 fully saturated rings. The van der Waals surface area contributed by atoms with Crippen LogP contribution in [0.25, 0.3) is 0 Å². The summed E-state index contributed by atoms with van der Waals surface area (Å²) in [6.07, 6.45) is 1.24. The average molecular weight is 195 g/mol. The van der Waals surface area contributed by atoms with Crippen LogP contribution in [0.1, 0.15) is 32.6 Å². The van der Waals surface area contributed by atoms with Crippen molar-refractivity contribution in [1.82, 2.24) is 0 Å². The molecule has 0 aromatic heterocycles. The van der Waals surface area contributed by atoms with Crippen LogP contribution in [0.5, 0.6) is 0 Å². The van der Waals surface area contributed by atoms with Gasteiger partial charge in [-0.25, -0.2) is 0 Å². The molecule has 4 nitrogen and oxygen atoms in total. The van der Waals surface area contributed by atoms with Gasteiger partial charge in [-0.2, -0.15) is 5.26 Å². The van der Waals surface area contributed by atoms with Crippen LogP contribution in [0.4, 0.5) is 0 Å². The van der Waals surface area contributed by atoms with E-state index in [1.54, 1.807) is 6.92 Å². The molecule has 0 saturated heterocycles. The lowest BCUT2D eigenvalue weighted by molar-refractivity contribution is -0.154. The van der Waals surface area contributed by atoms with Crippen LogP contribution in [0, 0.1) is 16.7 Å². The Bertz CT molecular complexity index is 280. The number of ether oxygens (including phenoxy) is 1. The summed E-state index contributed by atoms with van der Waals surface area (Å²) in [5.74, 6) is -0.352. The van der Waals surface area contributed by atoms with Crippen LogP contribution in [0.15, 0.2) is 0 Å². The van der Waals surface area contributed by atoms with Gasteiger partial charge in [0.2, 0.25) is 0 Å². The summed E-state index contributed by atoms with van der Waals surface area (Å²) in [7, 11) is 0. The molecule has 0 radical (unpaired) electrons. The first-order valence-electron chi connectivity index (χ1n) is 4.75. The molecule has 0 bridgehead atoms. The molecule has 0 spiro atoms. The van der Waals surface area contributed by atoms with Gasteiger partial charge in [0.1, 0.15) is 5.78 Å². The summed E-state index contributed by atoms with van der Waals surface area (Å²) in [6.45, 7) is 1.98. The van der Waals surface area contributed by atoms with E-state index in [1.165, 1.54) is 0 Å². The van der Waals surface area contributed by atoms with E-state index >= 15 is 0 Å². The molecule has 76 valence electrons. The fourth-order valence-electron chi connectivity index (χ4n) is 1.59. The van der Waals surface area contributed by atoms with Gasteiger partial charge in [0, 0.05) is 12.8 Å². The van der Waals surface area contributed by atoms with Crippen molar-refractivity contribution in [2.45, 2.75) is 32.6 Å². The third-order valence-corrected chi connectivity index (χ3v) is 2.54. The average Bonchev–Trinajstić information content (AvgIpc) is 2.20. The van der Waals surface area contributed by atoms with Crippen molar-refractivity contribution in [3.05, 3.63) is 0 Å². The topological polar surface area (TPSA) is 67.2 Å². The predicted octanol–water partition coefficient (Wildman–Crippen LogP) is 1.20. The van der Waals surface area contributed by atoms with E-state index in [4.69, 9.17) is 10.00 Å². The molecular formula is C10H13NO3. The quantitative estimate of drug-likeness (QED) is 0.621. The number of carbonyl (C=O) groups excluding carboxylic acids is 2. The molecule has 0 aromatic carbocycles. The SMILES string of the molecule is CCOC(=O)C1(C#N)CCC(=O)CC1. The second kappa shape index (κ2) is 4.23. The van der Waals surface area contributed by atoms with Crippen LogP contribution in [-0.2, 0) is 14.3 Å². The Hall–Kier alpha value is -1.37. The van der Waals surface area contributed by atoms with Crippen molar-refractivity contribution in [1.29, 1.82) is 5.26 Å². The van der Waals surface area contributed by atoms with Crippen LogP contribution < -0.4 is 0 Å². The number of hydrogen-bond acceptors (Lipinski definition) is 4. The summed E-state index contributed by atoms with van der Waals surface area (Å²) in [6, 6.07) is 2.00. The first kappa shape index (κ1) is 10.7. The molecule has 0 heterocycles. The standard InChI is InChI=1S/C10H13NO3/c1-2-14-9(13)10(7-11)5-3-8(12)4-6-10/h2-6H2,1H3. The third kappa shape index (κ3) is 1.92. The fraction of sp³-hybridized carbons (Fsp3) is 0.700. The normalized spacial score (nSPS) is 19.9. The maximum atomic E-state index is 11.5. The van der Waals surface area contributed by atoms with Gasteiger partial charge in [-0.15, -0.1) is 0 Å². The molecule has 1 rings (SSSR count). The van der Waals surface area contributed by atoms with Crippen LogP contribution in [0.3, 0.4) is 0 Å². The molecule has 0 aromatic rings. The highest BCUT2D eigenvalue weighted by molar-refractivity contribution is 5.86. The Morgan fingerprint density at radius 3 is 2.57 bits per heavy atom. The highest BCUT2D eigenvalue weighted by atomic mass is 16.5. The fourth-order valence-corrected chi connectivity index (χ4v) is 1.59. The van der Waals surface area contributed by atoms with E-state index in [-0.39, 0.29) is 12.4 Å². The number of hydrogen-bond donors (Lipinski definition) is 0. The van der Waals surface area contributed by atoms with Crippen molar-refractivity contribution in [2.24, 2.45) is 5.41 Å². The summed E-state index contributed by atoms with van der Waals surface area (Å²) >= 11 is 0. The van der Waals surface area contributed by atoms with Gasteiger partial charge in [-0.1, -0.05) is 0 Å². The minimum absolute atomic E-state index is 0.125. The zero-order valence-corrected chi connectivity index (χ0v) is 8.21. The first-order valence-corrected chi connectivity index (χ1v) is 4.75. The molecule has 1 aliphatic carbocycles. The Morgan fingerprint density at radius 2 is 2.14 bits per heavy atom. The molecule has 0 unspecified atom stereocenters. The molecule has 4 heteroatoms. The van der Waals surface area contributed by atoms with Crippen molar-refractivity contribution >= 4 is 11.8 Å². The highest BCUT2D eigenvalue weighted by Gasteiger charge is 2.43. The zero-order valence-electron chi connectivity index (χ0n) is 8.21. The number of nitrogens with zero attached hydrogens (tertiary/aromatic N) is 1. The Morgan fingerprint density at radius 1 is 1.57 bits per heavy atom. The van der Waals surface area contributed by atoms with Gasteiger partial charge in [0.05, 0.1) is 12.7 Å². The van der Waals surface area contributed by atoms with Gasteiger partial charge in [0.25, 0.3) is 0 Å². The van der Waals surface area contributed by atoms with Crippen LogP contribution in [0.2, 0.25) is 0 Å². The molecule has 0 aliphatic heterocycles. The maximum absolute atomic E-state index is 11.5. The Labute approximate surface area is 82.8 Å². The third-order valence-electron chi connectivity index (χ3n) is 2.54. The van der Waals surface area contributed by atoms with Gasteiger partial charge in [-0.05, 0) is 19.8 Å². The first-order chi connectivity index (χ1) is 6.64. The number of carbonyl (C=O) groups is 2. The van der Waals surface area contributed by atoms with Gasteiger partial charge in [-0.3, -0.25) is 9.59 Å². The van der Waals surface area contributed by atoms with Crippen LogP contribution >= 0.6 is 0 Å². The lowest BCUT2D eigenvalue weighted by atomic mass is 9.75. The van der Waals surface area contributed by atoms with E-state index in [9.17, 15) is 9.59 Å². The molecular weight excluding hydrogens is 182 g/mol. The number of Topliss-reactive ketones (excluding diaryl/α,β-unsaturated/α-hetero) is 1. The van der Waals surface area contributed by atoms with E-state index in [0.717, 1.165) is 0 Å². The number of nitriles is 1. The smallest absolute Gasteiger partial charge is 0.326 e. The molecule has 0 atom stereocenters. The minimum Gasteiger partial charge on any atom is -0.465 e. The van der Waals surface area contributed by atoms with Crippen molar-refractivity contribution < 1.29 is 14.3 Å². The lowest BCUT2D eigenvalue weighted by Gasteiger charge is -2.27. The molecule has 0 N–H and O–H groups in total. The van der Waals surface area contributed by atoms with Gasteiger partial charge < -0.3 is 4.74 Å². The largest absolute Gasteiger partial charge is 0.465 e. The predicted molar refractivity (Wildman–Crippen MR) is 48.2 cm³/mol. The van der Waals surface area contributed by atoms with E-state index in [1.807, 2.05) is 6.07 Å². The van der Waals surface area contributed by atoms with Crippen LogP contribution in [-0.4, -0.2) is 18.4 Å². The summed E-state index contributed by atoms with van der Waals surface area (Å²) in [5.41, 5.74) is -1.07. The maximum Gasteiger partial charge on any atom is 0.326 e. The van der Waals surface area contributed by atoms with Crippen molar-refractivity contribution in [3.63, 3.8) is 0 Å². The highest BCUT2D eigenvalue weighted by Crippen LogP contribution is 2.35. The molecule has 14 heavy (non-hydrogen) atoms. The summed E-state index contributed by atoms with van der Waals surface area (Å²) < 4.78 is 4.84. The second-order valence-electron chi connectivity index (χ2n) is 3.45. The summed E-state index contributed by atoms with van der Waals surface area (Å²) in [5, 5.41) is 8.96. The Balaban J connectivity index is 2.73. The van der Waals surface area contributed by atoms with Gasteiger partial charge >= 0.3 is 5.97 Å². The van der Waals surface area contributed by atoms with E-state index < -0.39 is 11.4 Å². The van der Waals surface area contributed by atoms with E-state index in [2.05, 4.69) is 0 Å². The van der Waals surface area contributed by atoms with Gasteiger partial charge in [0.15, 0.2) is 5.41 Å². The molecule has 1 aliphatic rings. The monoisotopic (exact) mass is 195 g/mol. The summed E-state index contributed by atoms with van der Waals surface area (Å²) in [4.78, 5) is 22.5. The minimum atomic E-state index is -1.07. The zero-order chi connectivity index (χ0) is 10.6. The Kier molecular flexibility index (Phi) is 3.23. The molecule has 0 amide bonds. The number of ketones is 1. The van der Waals surface area contributed by atoms with Crippen molar-refractivity contribution in [3.8, 4) is 6.07 Å². The second-order valence-corrected chi connectivity index (χ2v) is 3.45. The van der Waals surface area contributed by atoms with Crippen molar-refractivity contribution in [2.75, 3.05) is 6.61 Å².